The predicted octanol–water partition coefficient (Wildman–Crippen LogP) is 0.615. The molecule has 148 valence electrons. The van der Waals surface area contributed by atoms with E-state index in [2.05, 4.69) is 30.6 Å². The minimum Gasteiger partial charge on any atom is -0.379 e. The van der Waals surface area contributed by atoms with Crippen LogP contribution in [0.3, 0.4) is 0 Å². The second-order valence-corrected chi connectivity index (χ2v) is 7.59. The third-order valence-electron chi connectivity index (χ3n) is 4.60. The van der Waals surface area contributed by atoms with Gasteiger partial charge in [-0.25, -0.2) is 4.68 Å². The fourth-order valence-electron chi connectivity index (χ4n) is 3.00. The lowest BCUT2D eigenvalue weighted by Crippen LogP contribution is -2.37. The summed E-state index contributed by atoms with van der Waals surface area (Å²) in [5, 5.41) is 21.1. The fourth-order valence-corrected chi connectivity index (χ4v) is 3.69. The molecular formula is C17H22N8O2S. The number of amides is 1. The molecule has 0 radical (unpaired) electrons. The first-order chi connectivity index (χ1) is 13.7. The summed E-state index contributed by atoms with van der Waals surface area (Å²) in [4.78, 5) is 17.6. The number of morpholine rings is 1. The number of H-pyrrole nitrogens is 1. The first-order valence-corrected chi connectivity index (χ1v) is 9.94. The topological polar surface area (TPSA) is 105 Å². The lowest BCUT2D eigenvalue weighted by atomic mass is 10.3. The van der Waals surface area contributed by atoms with Crippen molar-refractivity contribution >= 4 is 17.2 Å². The van der Waals surface area contributed by atoms with Crippen molar-refractivity contribution in [1.82, 2.24) is 40.2 Å². The van der Waals surface area contributed by atoms with Crippen LogP contribution >= 0.6 is 11.3 Å². The minimum atomic E-state index is -0.0669. The molecule has 0 spiro atoms. The number of ether oxygens (including phenoxy) is 1. The summed E-state index contributed by atoms with van der Waals surface area (Å²) in [5.74, 6) is 0.618. The molecule has 1 amide bonds. The van der Waals surface area contributed by atoms with Crippen LogP contribution in [0.15, 0.2) is 23.6 Å². The van der Waals surface area contributed by atoms with Gasteiger partial charge in [-0.3, -0.25) is 14.8 Å². The van der Waals surface area contributed by atoms with Gasteiger partial charge < -0.3 is 9.64 Å². The molecule has 0 aromatic carbocycles. The van der Waals surface area contributed by atoms with Crippen molar-refractivity contribution in [3.05, 3.63) is 35.1 Å². The first kappa shape index (κ1) is 18.7. The van der Waals surface area contributed by atoms with Gasteiger partial charge in [-0.05, 0) is 27.9 Å². The summed E-state index contributed by atoms with van der Waals surface area (Å²) < 4.78 is 6.93. The molecule has 0 atom stereocenters. The second kappa shape index (κ2) is 8.59. The Labute approximate surface area is 166 Å². The van der Waals surface area contributed by atoms with Gasteiger partial charge in [0.05, 0.1) is 36.9 Å². The van der Waals surface area contributed by atoms with Crippen molar-refractivity contribution in [1.29, 1.82) is 0 Å². The molecular weight excluding hydrogens is 380 g/mol. The number of hydrogen-bond donors (Lipinski definition) is 1. The van der Waals surface area contributed by atoms with Gasteiger partial charge in [-0.1, -0.05) is 6.07 Å². The van der Waals surface area contributed by atoms with Crippen molar-refractivity contribution in [2.24, 2.45) is 0 Å². The molecule has 3 aromatic heterocycles. The predicted molar refractivity (Wildman–Crippen MR) is 102 cm³/mol. The average molecular weight is 402 g/mol. The molecule has 4 heterocycles. The maximum atomic E-state index is 12.6. The standard InChI is InChI=1S/C17H22N8O2S/c1-23(10-13-9-14(19-18-13)15-3-2-8-28-15)17(26)12-25-16(20-21-22-25)11-24-4-6-27-7-5-24/h2-3,8-9H,4-7,10-12H2,1H3,(H,18,19). The summed E-state index contributed by atoms with van der Waals surface area (Å²) in [6, 6.07) is 5.98. The molecule has 1 aliphatic heterocycles. The summed E-state index contributed by atoms with van der Waals surface area (Å²) >= 11 is 1.63. The number of nitrogens with one attached hydrogen (secondary N) is 1. The van der Waals surface area contributed by atoms with Crippen molar-refractivity contribution in [2.45, 2.75) is 19.6 Å². The summed E-state index contributed by atoms with van der Waals surface area (Å²) in [6.07, 6.45) is 0. The number of likely N-dealkylation sites (N-methyl/N-ethyl adjacent to an activating group) is 1. The van der Waals surface area contributed by atoms with E-state index >= 15 is 0 Å². The van der Waals surface area contributed by atoms with Gasteiger partial charge in [-0.2, -0.15) is 5.10 Å². The molecule has 1 aliphatic rings. The number of aromatic nitrogens is 6. The van der Waals surface area contributed by atoms with Gasteiger partial charge >= 0.3 is 0 Å². The van der Waals surface area contributed by atoms with Gasteiger partial charge in [0.1, 0.15) is 12.2 Å². The molecule has 0 aliphatic carbocycles. The Kier molecular flexibility index (Phi) is 5.74. The van der Waals surface area contributed by atoms with E-state index in [9.17, 15) is 4.79 Å². The number of rotatable bonds is 7. The summed E-state index contributed by atoms with van der Waals surface area (Å²) in [5.41, 5.74) is 1.77. The van der Waals surface area contributed by atoms with Crippen molar-refractivity contribution < 1.29 is 9.53 Å². The smallest absolute Gasteiger partial charge is 0.244 e. The largest absolute Gasteiger partial charge is 0.379 e. The monoisotopic (exact) mass is 402 g/mol. The molecule has 11 heteroatoms. The molecule has 10 nitrogen and oxygen atoms in total. The van der Waals surface area contributed by atoms with Crippen LogP contribution in [-0.4, -0.2) is 79.5 Å². The van der Waals surface area contributed by atoms with Gasteiger partial charge in [0.25, 0.3) is 0 Å². The van der Waals surface area contributed by atoms with Crippen LogP contribution in [0, 0.1) is 0 Å². The van der Waals surface area contributed by atoms with Gasteiger partial charge in [-0.15, -0.1) is 16.4 Å². The Hall–Kier alpha value is -2.63. The number of aromatic amines is 1. The van der Waals surface area contributed by atoms with Crippen LogP contribution in [-0.2, 0) is 29.2 Å². The lowest BCUT2D eigenvalue weighted by molar-refractivity contribution is -0.131. The van der Waals surface area contributed by atoms with E-state index < -0.39 is 0 Å². The van der Waals surface area contributed by atoms with E-state index in [-0.39, 0.29) is 12.5 Å². The van der Waals surface area contributed by atoms with Crippen molar-refractivity contribution in [3.63, 3.8) is 0 Å². The highest BCUT2D eigenvalue weighted by Crippen LogP contribution is 2.23. The average Bonchev–Trinajstić information content (AvgIpc) is 3.45. The molecule has 28 heavy (non-hydrogen) atoms. The molecule has 1 saturated heterocycles. The zero-order chi connectivity index (χ0) is 19.3. The van der Waals surface area contributed by atoms with E-state index in [0.29, 0.717) is 32.1 Å². The Bertz CT molecular complexity index is 900. The lowest BCUT2D eigenvalue weighted by Gasteiger charge is -2.25. The number of tetrazole rings is 1. The molecule has 1 fully saturated rings. The molecule has 0 saturated carbocycles. The van der Waals surface area contributed by atoms with Gasteiger partial charge in [0.15, 0.2) is 5.82 Å². The van der Waals surface area contributed by atoms with Crippen LogP contribution in [0.1, 0.15) is 11.5 Å². The van der Waals surface area contributed by atoms with Crippen LogP contribution in [0.2, 0.25) is 0 Å². The van der Waals surface area contributed by atoms with E-state index in [4.69, 9.17) is 4.74 Å². The quantitative estimate of drug-likeness (QED) is 0.617. The van der Waals surface area contributed by atoms with E-state index in [1.54, 1.807) is 28.0 Å². The normalized spacial score (nSPS) is 15.0. The third kappa shape index (κ3) is 4.43. The maximum absolute atomic E-state index is 12.6. The van der Waals surface area contributed by atoms with E-state index in [1.807, 2.05) is 23.6 Å². The molecule has 1 N–H and O–H groups in total. The molecule has 0 unspecified atom stereocenters. The Morgan fingerprint density at radius 3 is 3.04 bits per heavy atom. The third-order valence-corrected chi connectivity index (χ3v) is 5.49. The summed E-state index contributed by atoms with van der Waals surface area (Å²) in [7, 11) is 1.76. The second-order valence-electron chi connectivity index (χ2n) is 6.65. The number of carbonyl (C=O) groups excluding carboxylic acids is 1. The fraction of sp³-hybridized carbons (Fsp3) is 0.471. The number of nitrogens with zero attached hydrogens (tertiary/aromatic N) is 7. The molecule has 4 rings (SSSR count). The molecule has 3 aromatic rings. The van der Waals surface area contributed by atoms with E-state index in [1.165, 1.54) is 0 Å². The van der Waals surface area contributed by atoms with Crippen molar-refractivity contribution in [2.75, 3.05) is 33.4 Å². The Balaban J connectivity index is 1.34. The van der Waals surface area contributed by atoms with Gasteiger partial charge in [0, 0.05) is 20.1 Å². The maximum Gasteiger partial charge on any atom is 0.244 e. The van der Waals surface area contributed by atoms with Gasteiger partial charge in [0.2, 0.25) is 5.91 Å². The number of hydrogen-bond acceptors (Lipinski definition) is 8. The highest BCUT2D eigenvalue weighted by Gasteiger charge is 2.18. The van der Waals surface area contributed by atoms with E-state index in [0.717, 1.165) is 29.4 Å². The summed E-state index contributed by atoms with van der Waals surface area (Å²) in [6.45, 7) is 4.26. The Morgan fingerprint density at radius 1 is 1.39 bits per heavy atom. The van der Waals surface area contributed by atoms with Crippen LogP contribution in [0.4, 0.5) is 0 Å². The molecule has 0 bridgehead atoms. The van der Waals surface area contributed by atoms with Crippen LogP contribution < -0.4 is 0 Å². The SMILES string of the molecule is CN(Cc1cc(-c2cccs2)n[nH]1)C(=O)Cn1nnnc1CN1CCOCC1. The zero-order valence-electron chi connectivity index (χ0n) is 15.6. The van der Waals surface area contributed by atoms with Crippen LogP contribution in [0.5, 0.6) is 0 Å². The number of carbonyl (C=O) groups is 1. The highest BCUT2D eigenvalue weighted by atomic mass is 32.1. The van der Waals surface area contributed by atoms with Crippen LogP contribution in [0.25, 0.3) is 10.6 Å². The minimum absolute atomic E-state index is 0.0669. The Morgan fingerprint density at radius 2 is 2.25 bits per heavy atom. The first-order valence-electron chi connectivity index (χ1n) is 9.06. The highest BCUT2D eigenvalue weighted by molar-refractivity contribution is 7.13. The zero-order valence-corrected chi connectivity index (χ0v) is 16.4. The number of thiophene rings is 1. The van der Waals surface area contributed by atoms with Crippen molar-refractivity contribution in [3.8, 4) is 10.6 Å².